The molecular weight excluding hydrogens is 661 g/mol. The van der Waals surface area contributed by atoms with Crippen LogP contribution in [0.5, 0.6) is 0 Å². The van der Waals surface area contributed by atoms with Gasteiger partial charge >= 0.3 is 0 Å². The Morgan fingerprint density at radius 3 is 2.17 bits per heavy atom. The topological polar surface area (TPSA) is 13.1 Å². The van der Waals surface area contributed by atoms with E-state index in [-0.39, 0.29) is 5.41 Å². The maximum atomic E-state index is 6.71. The molecule has 2 heteroatoms. The minimum Gasteiger partial charge on any atom is -0.455 e. The number of hydrogen-bond donors (Lipinski definition) is 0. The van der Waals surface area contributed by atoms with Gasteiger partial charge in [0.15, 0.2) is 0 Å². The average molecular weight is 697 g/mol. The zero-order valence-corrected chi connectivity index (χ0v) is 30.7. The number of furan rings is 1. The Balaban J connectivity index is 1.10. The van der Waals surface area contributed by atoms with Crippen LogP contribution in [0.1, 0.15) is 54.2 Å². The number of benzene rings is 6. The molecule has 252 valence electrons. The zero-order valence-electron chi connectivity index (χ0n) is 29.9. The van der Waals surface area contributed by atoms with Gasteiger partial charge in [-0.1, -0.05) is 172 Å². The monoisotopic (exact) mass is 696 g/mol. The Bertz CT molecular complexity index is 3100. The highest BCUT2D eigenvalue weighted by Gasteiger charge is 2.52. The summed E-state index contributed by atoms with van der Waals surface area (Å²) in [5, 5.41) is 5.06. The fourth-order valence-electron chi connectivity index (χ4n) is 9.68. The minimum atomic E-state index is -0.446. The van der Waals surface area contributed by atoms with E-state index in [4.69, 9.17) is 4.42 Å². The second kappa shape index (κ2) is 11.0. The third-order valence-corrected chi connectivity index (χ3v) is 12.9. The van der Waals surface area contributed by atoms with Crippen LogP contribution in [0.2, 0.25) is 0 Å². The Morgan fingerprint density at radius 2 is 1.34 bits per heavy atom. The molecule has 2 aromatic heterocycles. The smallest absolute Gasteiger partial charge is 0.143 e. The number of hydrogen-bond acceptors (Lipinski definition) is 2. The average Bonchev–Trinajstić information content (AvgIpc) is 3.95. The van der Waals surface area contributed by atoms with E-state index in [0.29, 0.717) is 0 Å². The lowest BCUT2D eigenvalue weighted by atomic mass is 9.70. The summed E-state index contributed by atoms with van der Waals surface area (Å²) in [6, 6.07) is 44.7. The van der Waals surface area contributed by atoms with Crippen molar-refractivity contribution in [1.82, 2.24) is 0 Å². The molecule has 53 heavy (non-hydrogen) atoms. The van der Waals surface area contributed by atoms with Crippen LogP contribution in [-0.2, 0) is 5.41 Å². The molecular formula is C51H36OS. The van der Waals surface area contributed by atoms with Gasteiger partial charge in [0.2, 0.25) is 0 Å². The van der Waals surface area contributed by atoms with E-state index in [2.05, 4.69) is 185 Å². The van der Waals surface area contributed by atoms with Crippen LogP contribution < -0.4 is 9.75 Å². The van der Waals surface area contributed by atoms with Gasteiger partial charge in [0.1, 0.15) is 11.2 Å². The molecule has 6 aromatic carbocycles. The first-order valence-corrected chi connectivity index (χ1v) is 19.4. The van der Waals surface area contributed by atoms with Crippen molar-refractivity contribution in [3.05, 3.63) is 189 Å². The molecule has 1 spiro atoms. The molecule has 0 saturated carbocycles. The summed E-state index contributed by atoms with van der Waals surface area (Å²) in [5.41, 5.74) is 15.6. The van der Waals surface area contributed by atoms with Gasteiger partial charge in [-0.25, -0.2) is 0 Å². The summed E-state index contributed by atoms with van der Waals surface area (Å²) < 4.78 is 9.45. The summed E-state index contributed by atoms with van der Waals surface area (Å²) >= 11 is 1.92. The molecule has 0 aliphatic heterocycles. The number of thiophene rings is 1. The number of allylic oxidation sites excluding steroid dienone is 5. The normalized spacial score (nSPS) is 17.8. The number of para-hydroxylation sites is 1. The molecule has 3 aliphatic rings. The van der Waals surface area contributed by atoms with Crippen LogP contribution in [0.3, 0.4) is 0 Å². The molecule has 0 fully saturated rings. The molecule has 2 heterocycles. The van der Waals surface area contributed by atoms with Crippen molar-refractivity contribution in [3.8, 4) is 22.3 Å². The Hall–Kier alpha value is -5.96. The maximum Gasteiger partial charge on any atom is 0.143 e. The van der Waals surface area contributed by atoms with Crippen molar-refractivity contribution in [2.75, 3.05) is 0 Å². The van der Waals surface area contributed by atoms with Gasteiger partial charge in [-0.15, -0.1) is 11.3 Å². The molecule has 0 bridgehead atoms. The second-order valence-corrected chi connectivity index (χ2v) is 16.3. The summed E-state index contributed by atoms with van der Waals surface area (Å²) in [6.07, 6.45) is 16.1. The van der Waals surface area contributed by atoms with Crippen molar-refractivity contribution in [2.24, 2.45) is 5.41 Å². The Morgan fingerprint density at radius 1 is 0.642 bits per heavy atom. The van der Waals surface area contributed by atoms with Crippen molar-refractivity contribution in [1.29, 1.82) is 0 Å². The van der Waals surface area contributed by atoms with Crippen LogP contribution in [-0.4, -0.2) is 0 Å². The van der Waals surface area contributed by atoms with Crippen LogP contribution in [0.15, 0.2) is 150 Å². The van der Waals surface area contributed by atoms with Gasteiger partial charge in [-0.05, 0) is 73.9 Å². The lowest BCUT2D eigenvalue weighted by Crippen LogP contribution is -2.25. The second-order valence-electron chi connectivity index (χ2n) is 15.2. The molecule has 1 unspecified atom stereocenters. The van der Waals surface area contributed by atoms with E-state index in [0.717, 1.165) is 16.6 Å². The van der Waals surface area contributed by atoms with E-state index in [1.165, 1.54) is 86.4 Å². The van der Waals surface area contributed by atoms with Gasteiger partial charge in [0.25, 0.3) is 0 Å². The Labute approximate surface area is 312 Å². The van der Waals surface area contributed by atoms with Crippen molar-refractivity contribution < 1.29 is 4.42 Å². The molecule has 0 amide bonds. The van der Waals surface area contributed by atoms with E-state index in [1.807, 2.05) is 11.3 Å². The lowest BCUT2D eigenvalue weighted by Gasteiger charge is -2.30. The highest BCUT2D eigenvalue weighted by atomic mass is 32.1. The van der Waals surface area contributed by atoms with Crippen LogP contribution >= 0.6 is 11.3 Å². The quantitative estimate of drug-likeness (QED) is 0.167. The standard InChI is InChI=1S/C51H36OS/c1-4-14-31(33-21-13-22-36-39-29-50(2,3)30-45(39)53-49(33)36)15-11-16-32-17-12-25-42-46(32)37-19-5-8-23-40(37)51(42)41-24-9-6-20-38(41)47-43(51)28-27-35-34-18-7-10-26-44(34)52-48(35)47/h4-30H,1-3H3/b14-4-,16-11+,31-15+. The highest BCUT2D eigenvalue weighted by molar-refractivity contribution is 7.17. The molecule has 8 aromatic rings. The fourth-order valence-corrected chi connectivity index (χ4v) is 11.1. The van der Waals surface area contributed by atoms with E-state index < -0.39 is 5.41 Å². The molecule has 1 atom stereocenters. The lowest BCUT2D eigenvalue weighted by molar-refractivity contribution is 0.669. The SMILES string of the molecule is C\C=C/C(=C\C=C\c1cccc2c1-c1ccccc1C21c2ccccc2-c2c1ccc1c2oc2ccccc21)c1cccc2c3c(sc12)=CC(C)(C)C=3. The summed E-state index contributed by atoms with van der Waals surface area (Å²) in [4.78, 5) is 0. The van der Waals surface area contributed by atoms with Crippen molar-refractivity contribution >= 4 is 67.2 Å². The summed E-state index contributed by atoms with van der Waals surface area (Å²) in [5.74, 6) is 0. The zero-order chi connectivity index (χ0) is 35.5. The molecule has 0 N–H and O–H groups in total. The first kappa shape index (κ1) is 30.6. The number of rotatable bonds is 4. The van der Waals surface area contributed by atoms with E-state index >= 15 is 0 Å². The van der Waals surface area contributed by atoms with Crippen molar-refractivity contribution in [2.45, 2.75) is 26.2 Å². The van der Waals surface area contributed by atoms with Gasteiger partial charge < -0.3 is 4.42 Å². The minimum absolute atomic E-state index is 0.103. The Kier molecular flexibility index (Phi) is 6.38. The number of fused-ring (bicyclic) bond motifs is 17. The first-order chi connectivity index (χ1) is 26.0. The molecule has 11 rings (SSSR count). The summed E-state index contributed by atoms with van der Waals surface area (Å²) in [7, 11) is 0. The molecule has 0 saturated heterocycles. The van der Waals surface area contributed by atoms with Gasteiger partial charge in [-0.3, -0.25) is 0 Å². The van der Waals surface area contributed by atoms with Crippen LogP contribution in [0.25, 0.3) is 78.1 Å². The van der Waals surface area contributed by atoms with Gasteiger partial charge in [-0.2, -0.15) is 0 Å². The van der Waals surface area contributed by atoms with Crippen LogP contribution in [0, 0.1) is 5.41 Å². The first-order valence-electron chi connectivity index (χ1n) is 18.5. The molecule has 0 radical (unpaired) electrons. The van der Waals surface area contributed by atoms with Gasteiger partial charge in [0, 0.05) is 36.4 Å². The van der Waals surface area contributed by atoms with Gasteiger partial charge in [0.05, 0.1) is 5.41 Å². The highest BCUT2D eigenvalue weighted by Crippen LogP contribution is 2.64. The maximum absolute atomic E-state index is 6.71. The third-order valence-electron chi connectivity index (χ3n) is 11.7. The predicted molar refractivity (Wildman–Crippen MR) is 226 cm³/mol. The predicted octanol–water partition coefficient (Wildman–Crippen LogP) is 12.4. The van der Waals surface area contributed by atoms with Crippen molar-refractivity contribution in [3.63, 3.8) is 0 Å². The molecule has 3 aliphatic carbocycles. The van der Waals surface area contributed by atoms with E-state index in [9.17, 15) is 0 Å². The largest absolute Gasteiger partial charge is 0.455 e. The third kappa shape index (κ3) is 4.13. The fraction of sp³-hybridized carbons (Fsp3) is 0.0980. The van der Waals surface area contributed by atoms with Crippen LogP contribution in [0.4, 0.5) is 0 Å². The van der Waals surface area contributed by atoms with E-state index in [1.54, 1.807) is 0 Å². The molecule has 1 nitrogen and oxygen atoms in total. The summed E-state index contributed by atoms with van der Waals surface area (Å²) in [6.45, 7) is 6.68.